The molecule has 1 saturated heterocycles. The Labute approximate surface area is 69.8 Å². The molecule has 1 N–H and O–H groups in total. The molecule has 0 aromatic rings. The largest absolute Gasteiger partial charge is 0.478 e. The highest BCUT2D eigenvalue weighted by Crippen LogP contribution is 2.29. The van der Waals surface area contributed by atoms with E-state index in [1.807, 2.05) is 0 Å². The van der Waals surface area contributed by atoms with Gasteiger partial charge in [0.15, 0.2) is 6.29 Å². The van der Waals surface area contributed by atoms with E-state index < -0.39 is 11.6 Å². The second kappa shape index (κ2) is 3.49. The molecule has 12 heavy (non-hydrogen) atoms. The minimum absolute atomic E-state index is 0.470. The maximum atomic E-state index is 10.4. The summed E-state index contributed by atoms with van der Waals surface area (Å²) in [6, 6.07) is 0. The van der Waals surface area contributed by atoms with Gasteiger partial charge in [-0.05, 0) is 12.8 Å². The van der Waals surface area contributed by atoms with E-state index >= 15 is 0 Å². The van der Waals surface area contributed by atoms with Crippen LogP contribution in [0.3, 0.4) is 0 Å². The van der Waals surface area contributed by atoms with Gasteiger partial charge in [-0.15, -0.1) is 0 Å². The van der Waals surface area contributed by atoms with Crippen molar-refractivity contribution in [1.82, 2.24) is 0 Å². The molecule has 0 aromatic heterocycles. The topological polar surface area (TPSA) is 66.9 Å². The molecule has 0 radical (unpaired) electrons. The van der Waals surface area contributed by atoms with Crippen LogP contribution in [-0.2, 0) is 14.3 Å². The van der Waals surface area contributed by atoms with Crippen molar-refractivity contribution in [3.05, 3.63) is 12.2 Å². The zero-order valence-electron chi connectivity index (χ0n) is 6.53. The van der Waals surface area contributed by atoms with Gasteiger partial charge in [0.25, 0.3) is 0 Å². The molecule has 66 valence electrons. The minimum atomic E-state index is -0.966. The average Bonchev–Trinajstić information content (AvgIpc) is 2.79. The smallest absolute Gasteiger partial charge is 0.327 e. The first-order chi connectivity index (χ1) is 5.68. The second-order valence-corrected chi connectivity index (χ2v) is 2.75. The lowest BCUT2D eigenvalue weighted by Crippen LogP contribution is -2.11. The Bertz CT molecular complexity index is 215. The van der Waals surface area contributed by atoms with Crippen LogP contribution in [0.2, 0.25) is 0 Å². The summed E-state index contributed by atoms with van der Waals surface area (Å²) in [5.41, 5.74) is -0.594. The first-order valence-electron chi connectivity index (χ1n) is 3.68. The molecule has 0 spiro atoms. The van der Waals surface area contributed by atoms with Gasteiger partial charge in [-0.3, -0.25) is 0 Å². The maximum Gasteiger partial charge on any atom is 0.327 e. The van der Waals surface area contributed by atoms with Crippen LogP contribution < -0.4 is 0 Å². The van der Waals surface area contributed by atoms with Crippen LogP contribution in [0.4, 0.5) is 0 Å². The van der Waals surface area contributed by atoms with Gasteiger partial charge in [-0.1, -0.05) is 6.08 Å². The summed E-state index contributed by atoms with van der Waals surface area (Å²) in [5, 5.41) is 8.23. The number of allylic oxidation sites excluding steroid dienone is 1. The molecule has 0 aliphatic carbocycles. The van der Waals surface area contributed by atoms with Gasteiger partial charge >= 0.3 is 5.97 Å². The van der Waals surface area contributed by atoms with Crippen LogP contribution in [0.25, 0.3) is 0 Å². The number of carbonyl (C=O) groups excluding carboxylic acids is 1. The summed E-state index contributed by atoms with van der Waals surface area (Å²) in [7, 11) is 0. The predicted molar refractivity (Wildman–Crippen MR) is 40.8 cm³/mol. The molecule has 0 bridgehead atoms. The summed E-state index contributed by atoms with van der Waals surface area (Å²) in [6.45, 7) is 0.470. The minimum Gasteiger partial charge on any atom is -0.478 e. The number of epoxide rings is 1. The van der Waals surface area contributed by atoms with Crippen molar-refractivity contribution >= 4 is 12.3 Å². The molecule has 1 fully saturated rings. The van der Waals surface area contributed by atoms with Gasteiger partial charge < -0.3 is 14.6 Å². The van der Waals surface area contributed by atoms with E-state index in [1.165, 1.54) is 6.08 Å². The summed E-state index contributed by atoms with van der Waals surface area (Å²) in [6.07, 6.45) is 4.50. The number of carboxylic acids is 1. The van der Waals surface area contributed by atoms with E-state index in [2.05, 4.69) is 0 Å². The predicted octanol–water partition coefficient (Wildman–Crippen LogP) is 0.375. The van der Waals surface area contributed by atoms with Crippen molar-refractivity contribution in [2.75, 3.05) is 6.61 Å². The molecule has 1 atom stereocenters. The van der Waals surface area contributed by atoms with Crippen LogP contribution in [0.1, 0.15) is 12.8 Å². The maximum absolute atomic E-state index is 10.4. The molecule has 4 nitrogen and oxygen atoms in total. The molecule has 0 amide bonds. The monoisotopic (exact) mass is 170 g/mol. The highest BCUT2D eigenvalue weighted by atomic mass is 16.6. The Balaban J connectivity index is 2.18. The van der Waals surface area contributed by atoms with E-state index in [-0.39, 0.29) is 0 Å². The summed E-state index contributed by atoms with van der Waals surface area (Å²) in [5.74, 6) is -0.966. The van der Waals surface area contributed by atoms with Crippen LogP contribution in [0.15, 0.2) is 12.2 Å². The van der Waals surface area contributed by atoms with E-state index in [0.717, 1.165) is 12.4 Å². The quantitative estimate of drug-likeness (QED) is 0.368. The molecule has 1 heterocycles. The standard InChI is InChI=1S/C8H10O4/c9-5-8(6-12-8)4-2-1-3-7(10)11/h1,3,5H,2,4,6H2,(H,10,11). The number of carbonyl (C=O) groups is 2. The van der Waals surface area contributed by atoms with Gasteiger partial charge in [-0.25, -0.2) is 4.79 Å². The van der Waals surface area contributed by atoms with Crippen molar-refractivity contribution < 1.29 is 19.4 Å². The van der Waals surface area contributed by atoms with Crippen molar-refractivity contribution in [3.63, 3.8) is 0 Å². The van der Waals surface area contributed by atoms with Gasteiger partial charge in [0, 0.05) is 6.08 Å². The molecule has 1 aliphatic heterocycles. The molecular formula is C8H10O4. The Morgan fingerprint density at radius 1 is 1.67 bits per heavy atom. The van der Waals surface area contributed by atoms with Gasteiger partial charge in [0.2, 0.25) is 0 Å². The van der Waals surface area contributed by atoms with Crippen molar-refractivity contribution in [1.29, 1.82) is 0 Å². The summed E-state index contributed by atoms with van der Waals surface area (Å²) >= 11 is 0. The molecule has 0 aromatic carbocycles. The molecule has 1 unspecified atom stereocenters. The van der Waals surface area contributed by atoms with E-state index in [0.29, 0.717) is 19.4 Å². The summed E-state index contributed by atoms with van der Waals surface area (Å²) in [4.78, 5) is 20.4. The third-order valence-corrected chi connectivity index (χ3v) is 1.72. The average molecular weight is 170 g/mol. The lowest BCUT2D eigenvalue weighted by molar-refractivity contribution is -0.131. The molecule has 0 saturated carbocycles. The van der Waals surface area contributed by atoms with Crippen LogP contribution in [-0.4, -0.2) is 29.6 Å². The number of aldehydes is 1. The van der Waals surface area contributed by atoms with Gasteiger partial charge in [-0.2, -0.15) is 0 Å². The van der Waals surface area contributed by atoms with E-state index in [1.54, 1.807) is 0 Å². The molecule has 1 aliphatic rings. The Morgan fingerprint density at radius 2 is 2.33 bits per heavy atom. The fraction of sp³-hybridized carbons (Fsp3) is 0.500. The first-order valence-corrected chi connectivity index (χ1v) is 3.68. The van der Waals surface area contributed by atoms with Crippen molar-refractivity contribution in [2.24, 2.45) is 0 Å². The Kier molecular flexibility index (Phi) is 2.60. The first kappa shape index (κ1) is 8.93. The number of aliphatic carboxylic acids is 1. The molecule has 4 heteroatoms. The number of hydrogen-bond acceptors (Lipinski definition) is 3. The van der Waals surface area contributed by atoms with Crippen LogP contribution in [0, 0.1) is 0 Å². The third kappa shape index (κ3) is 2.47. The SMILES string of the molecule is O=CC1(CCC=CC(=O)O)CO1. The lowest BCUT2D eigenvalue weighted by atomic mass is 10.1. The normalized spacial score (nSPS) is 27.3. The van der Waals surface area contributed by atoms with Gasteiger partial charge in [0.1, 0.15) is 5.60 Å². The zero-order chi connectivity index (χ0) is 9.03. The zero-order valence-corrected chi connectivity index (χ0v) is 6.53. The Morgan fingerprint density at radius 3 is 2.75 bits per heavy atom. The van der Waals surface area contributed by atoms with Crippen molar-refractivity contribution in [2.45, 2.75) is 18.4 Å². The van der Waals surface area contributed by atoms with Crippen molar-refractivity contribution in [3.8, 4) is 0 Å². The second-order valence-electron chi connectivity index (χ2n) is 2.75. The van der Waals surface area contributed by atoms with Crippen LogP contribution in [0.5, 0.6) is 0 Å². The van der Waals surface area contributed by atoms with Gasteiger partial charge in [0.05, 0.1) is 6.61 Å². The van der Waals surface area contributed by atoms with E-state index in [9.17, 15) is 9.59 Å². The molecular weight excluding hydrogens is 160 g/mol. The highest BCUT2D eigenvalue weighted by molar-refractivity contribution is 5.79. The lowest BCUT2D eigenvalue weighted by Gasteiger charge is -1.97. The molecule has 1 rings (SSSR count). The summed E-state index contributed by atoms with van der Waals surface area (Å²) < 4.78 is 4.90. The fourth-order valence-corrected chi connectivity index (χ4v) is 0.876. The number of hydrogen-bond donors (Lipinski definition) is 1. The fourth-order valence-electron chi connectivity index (χ4n) is 0.876. The number of rotatable bonds is 5. The third-order valence-electron chi connectivity index (χ3n) is 1.72. The Hall–Kier alpha value is -1.16. The number of ether oxygens (including phenoxy) is 1. The van der Waals surface area contributed by atoms with Crippen LogP contribution >= 0.6 is 0 Å². The highest BCUT2D eigenvalue weighted by Gasteiger charge is 2.43. The number of carboxylic acid groups (broad SMARTS) is 1. The van der Waals surface area contributed by atoms with E-state index in [4.69, 9.17) is 9.84 Å².